The van der Waals surface area contributed by atoms with Crippen LogP contribution in [0.25, 0.3) is 6.08 Å². The van der Waals surface area contributed by atoms with E-state index in [1.54, 1.807) is 23.9 Å². The van der Waals surface area contributed by atoms with Crippen LogP contribution in [0.4, 0.5) is 4.39 Å². The molecule has 1 aliphatic carbocycles. The van der Waals surface area contributed by atoms with E-state index >= 15 is 0 Å². The molecule has 212 valence electrons. The highest BCUT2D eigenvalue weighted by atomic mass is 32.2. The topological polar surface area (TPSA) is 40.6 Å². The van der Waals surface area contributed by atoms with Gasteiger partial charge in [-0.1, -0.05) is 72.8 Å². The first kappa shape index (κ1) is 27.8. The number of benzene rings is 3. The number of carbonyl (C=O) groups is 2. The first-order valence-electron chi connectivity index (χ1n) is 14.8. The van der Waals surface area contributed by atoms with E-state index in [4.69, 9.17) is 0 Å². The molecule has 0 spiro atoms. The molecular weight excluding hydrogens is 531 g/mol. The van der Waals surface area contributed by atoms with Gasteiger partial charge in [0.05, 0.1) is 4.91 Å². The number of rotatable bonds is 6. The summed E-state index contributed by atoms with van der Waals surface area (Å²) >= 11 is 1.67. The number of carbonyl (C=O) groups excluding carboxylic acids is 2. The number of likely N-dealkylation sites (tertiary alicyclic amines) is 1. The van der Waals surface area contributed by atoms with E-state index in [0.29, 0.717) is 18.9 Å². The van der Waals surface area contributed by atoms with E-state index in [1.807, 2.05) is 41.3 Å². The summed E-state index contributed by atoms with van der Waals surface area (Å²) in [5.41, 5.74) is 3.28. The second kappa shape index (κ2) is 12.6. The van der Waals surface area contributed by atoms with Gasteiger partial charge in [0.2, 0.25) is 5.91 Å². The van der Waals surface area contributed by atoms with Crippen molar-refractivity contribution in [1.82, 2.24) is 9.80 Å². The van der Waals surface area contributed by atoms with Crippen LogP contribution in [-0.4, -0.2) is 46.0 Å². The predicted octanol–water partition coefficient (Wildman–Crippen LogP) is 6.96. The molecule has 3 aliphatic rings. The molecular formula is C35H37FN2O2S. The summed E-state index contributed by atoms with van der Waals surface area (Å²) in [7, 11) is 0. The van der Waals surface area contributed by atoms with Gasteiger partial charge < -0.3 is 9.80 Å². The Morgan fingerprint density at radius 3 is 2.24 bits per heavy atom. The van der Waals surface area contributed by atoms with Gasteiger partial charge in [-0.15, -0.1) is 11.8 Å². The normalized spacial score (nSPS) is 24.4. The smallest absolute Gasteiger partial charge is 0.260 e. The SMILES string of the molecule is O=C(C1CCC2S/C(=C\c3ccccc3)C(=O)N(Cc3ccc(F)cc3)C2C1)N1CCC(Cc2ccccc2)CC1. The second-order valence-electron chi connectivity index (χ2n) is 11.7. The van der Waals surface area contributed by atoms with Crippen molar-refractivity contribution in [3.63, 3.8) is 0 Å². The fourth-order valence-corrected chi connectivity index (χ4v) is 8.07. The fraction of sp³-hybridized carbons (Fsp3) is 0.371. The summed E-state index contributed by atoms with van der Waals surface area (Å²) in [4.78, 5) is 32.4. The van der Waals surface area contributed by atoms with Gasteiger partial charge in [-0.25, -0.2) is 4.39 Å². The molecule has 0 N–H and O–H groups in total. The zero-order valence-electron chi connectivity index (χ0n) is 23.3. The number of nitrogens with zero attached hydrogens (tertiary/aromatic N) is 2. The third-order valence-electron chi connectivity index (χ3n) is 8.91. The number of thioether (sulfide) groups is 1. The molecule has 2 aliphatic heterocycles. The molecule has 1 saturated carbocycles. The summed E-state index contributed by atoms with van der Waals surface area (Å²) in [5, 5.41) is 0.240. The summed E-state index contributed by atoms with van der Waals surface area (Å²) in [6, 6.07) is 27.0. The Kier molecular flexibility index (Phi) is 8.56. The lowest BCUT2D eigenvalue weighted by molar-refractivity contribution is -0.141. The minimum absolute atomic E-state index is 0.000691. The first-order chi connectivity index (χ1) is 20.0. The number of amides is 2. The molecule has 6 heteroatoms. The monoisotopic (exact) mass is 568 g/mol. The average molecular weight is 569 g/mol. The van der Waals surface area contributed by atoms with Gasteiger partial charge in [0.1, 0.15) is 5.82 Å². The van der Waals surface area contributed by atoms with Crippen LogP contribution >= 0.6 is 11.8 Å². The van der Waals surface area contributed by atoms with E-state index < -0.39 is 0 Å². The minimum Gasteiger partial charge on any atom is -0.342 e. The van der Waals surface area contributed by atoms with Crippen molar-refractivity contribution in [1.29, 1.82) is 0 Å². The van der Waals surface area contributed by atoms with Crippen molar-refractivity contribution < 1.29 is 14.0 Å². The van der Waals surface area contributed by atoms with E-state index in [-0.39, 0.29) is 34.8 Å². The van der Waals surface area contributed by atoms with Crippen LogP contribution in [-0.2, 0) is 22.6 Å². The average Bonchev–Trinajstić information content (AvgIpc) is 3.01. The van der Waals surface area contributed by atoms with Gasteiger partial charge in [-0.05, 0) is 79.3 Å². The number of hydrogen-bond acceptors (Lipinski definition) is 3. The van der Waals surface area contributed by atoms with E-state index in [9.17, 15) is 14.0 Å². The van der Waals surface area contributed by atoms with Crippen molar-refractivity contribution in [2.45, 2.75) is 56.4 Å². The third kappa shape index (κ3) is 6.59. The van der Waals surface area contributed by atoms with Crippen LogP contribution in [0.5, 0.6) is 0 Å². The van der Waals surface area contributed by atoms with Crippen molar-refractivity contribution in [3.05, 3.63) is 112 Å². The summed E-state index contributed by atoms with van der Waals surface area (Å²) < 4.78 is 13.6. The lowest BCUT2D eigenvalue weighted by Gasteiger charge is -2.47. The Morgan fingerprint density at radius 2 is 1.54 bits per heavy atom. The lowest BCUT2D eigenvalue weighted by atomic mass is 9.82. The molecule has 6 rings (SSSR count). The molecule has 3 aromatic carbocycles. The maximum atomic E-state index is 13.9. The van der Waals surface area contributed by atoms with Gasteiger partial charge in [0, 0.05) is 36.8 Å². The van der Waals surface area contributed by atoms with Crippen molar-refractivity contribution in [3.8, 4) is 0 Å². The zero-order valence-corrected chi connectivity index (χ0v) is 24.1. The Hall–Kier alpha value is -3.38. The van der Waals surface area contributed by atoms with E-state index in [2.05, 4.69) is 35.2 Å². The molecule has 2 heterocycles. The standard InChI is InChI=1S/C35H37FN2O2S/c36-30-14-11-28(12-15-30)24-38-31-23-29(13-16-32(31)41-33(35(38)40)22-26-9-5-2-6-10-26)34(39)37-19-17-27(18-20-37)21-25-7-3-1-4-8-25/h1-12,14-15,22,27,29,31-32H,13,16-21,23-24H2/b33-22-. The highest BCUT2D eigenvalue weighted by Gasteiger charge is 2.45. The zero-order chi connectivity index (χ0) is 28.2. The van der Waals surface area contributed by atoms with Gasteiger partial charge in [-0.3, -0.25) is 9.59 Å². The molecule has 41 heavy (non-hydrogen) atoms. The Morgan fingerprint density at radius 1 is 0.854 bits per heavy atom. The van der Waals surface area contributed by atoms with Crippen LogP contribution in [0, 0.1) is 17.7 Å². The van der Waals surface area contributed by atoms with Gasteiger partial charge >= 0.3 is 0 Å². The molecule has 3 unspecified atom stereocenters. The highest BCUT2D eigenvalue weighted by molar-refractivity contribution is 8.04. The van der Waals surface area contributed by atoms with Crippen molar-refractivity contribution in [2.75, 3.05) is 13.1 Å². The van der Waals surface area contributed by atoms with Gasteiger partial charge in [0.15, 0.2) is 0 Å². The fourth-order valence-electron chi connectivity index (χ4n) is 6.65. The number of hydrogen-bond donors (Lipinski definition) is 0. The largest absolute Gasteiger partial charge is 0.342 e. The molecule has 0 aromatic heterocycles. The quantitative estimate of drug-likeness (QED) is 0.302. The van der Waals surface area contributed by atoms with Crippen molar-refractivity contribution in [2.24, 2.45) is 11.8 Å². The molecule has 4 nitrogen and oxygen atoms in total. The highest BCUT2D eigenvalue weighted by Crippen LogP contribution is 2.45. The van der Waals surface area contributed by atoms with Crippen LogP contribution in [0.3, 0.4) is 0 Å². The molecule has 3 aromatic rings. The predicted molar refractivity (Wildman–Crippen MR) is 163 cm³/mol. The summed E-state index contributed by atoms with van der Waals surface area (Å²) in [6.45, 7) is 2.05. The molecule has 0 bridgehead atoms. The number of halogens is 1. The molecule has 3 atom stereocenters. The van der Waals surface area contributed by atoms with E-state index in [0.717, 1.165) is 61.2 Å². The molecule has 2 saturated heterocycles. The molecule has 0 radical (unpaired) electrons. The maximum absolute atomic E-state index is 13.9. The maximum Gasteiger partial charge on any atom is 0.260 e. The second-order valence-corrected chi connectivity index (χ2v) is 13.0. The third-order valence-corrected chi connectivity index (χ3v) is 10.3. The van der Waals surface area contributed by atoms with Crippen LogP contribution < -0.4 is 0 Å². The van der Waals surface area contributed by atoms with Crippen LogP contribution in [0.1, 0.15) is 48.8 Å². The van der Waals surface area contributed by atoms with Crippen LogP contribution in [0.2, 0.25) is 0 Å². The van der Waals surface area contributed by atoms with Gasteiger partial charge in [-0.2, -0.15) is 0 Å². The molecule has 3 fully saturated rings. The summed E-state index contributed by atoms with van der Waals surface area (Å²) in [6.07, 6.45) is 7.58. The Bertz CT molecular complexity index is 1370. The first-order valence-corrected chi connectivity index (χ1v) is 15.7. The molecule has 2 amide bonds. The lowest BCUT2D eigenvalue weighted by Crippen LogP contribution is -2.54. The Labute approximate surface area is 246 Å². The number of fused-ring (bicyclic) bond motifs is 1. The Balaban J connectivity index is 1.15. The van der Waals surface area contributed by atoms with E-state index in [1.165, 1.54) is 17.7 Å². The summed E-state index contributed by atoms with van der Waals surface area (Å²) in [5.74, 6) is 0.523. The van der Waals surface area contributed by atoms with Crippen molar-refractivity contribution >= 4 is 29.7 Å². The minimum atomic E-state index is -0.285. The van der Waals surface area contributed by atoms with Gasteiger partial charge in [0.25, 0.3) is 5.91 Å². The number of piperidine rings is 1. The van der Waals surface area contributed by atoms with Crippen LogP contribution in [0.15, 0.2) is 89.8 Å².